The number of methoxy groups -OCH3 is 1. The molecule has 2 aromatic heterocycles. The van der Waals surface area contributed by atoms with E-state index < -0.39 is 0 Å². The Morgan fingerprint density at radius 2 is 2.14 bits per heavy atom. The fourth-order valence-electron chi connectivity index (χ4n) is 2.52. The summed E-state index contributed by atoms with van der Waals surface area (Å²) in [7, 11) is 1.68. The highest BCUT2D eigenvalue weighted by molar-refractivity contribution is 5.22. The van der Waals surface area contributed by atoms with Crippen LogP contribution < -0.4 is 4.74 Å². The number of pyridine rings is 1. The topological polar surface area (TPSA) is 43.2 Å². The Morgan fingerprint density at radius 3 is 2.77 bits per heavy atom. The molecule has 0 atom stereocenters. The second kappa shape index (κ2) is 7.94. The van der Waals surface area contributed by atoms with E-state index in [1.54, 1.807) is 13.3 Å². The van der Waals surface area contributed by atoms with Gasteiger partial charge in [0.1, 0.15) is 5.75 Å². The highest BCUT2D eigenvalue weighted by atomic mass is 16.5. The minimum absolute atomic E-state index is 0.604. The average molecular weight is 302 g/mol. The third kappa shape index (κ3) is 4.84. The first kappa shape index (κ1) is 16.5. The Bertz CT molecular complexity index is 580. The van der Waals surface area contributed by atoms with Gasteiger partial charge in [0.2, 0.25) is 0 Å². The second-order valence-corrected chi connectivity index (χ2v) is 5.95. The van der Waals surface area contributed by atoms with Crippen LogP contribution in [0.3, 0.4) is 0 Å². The van der Waals surface area contributed by atoms with Crippen LogP contribution >= 0.6 is 0 Å². The molecule has 5 heteroatoms. The molecule has 2 aromatic rings. The molecule has 0 saturated carbocycles. The summed E-state index contributed by atoms with van der Waals surface area (Å²) in [6.07, 6.45) is 5.87. The van der Waals surface area contributed by atoms with Gasteiger partial charge in [-0.2, -0.15) is 5.10 Å². The fourth-order valence-corrected chi connectivity index (χ4v) is 2.52. The molecule has 0 aliphatic carbocycles. The van der Waals surface area contributed by atoms with Crippen LogP contribution in [0.15, 0.2) is 30.7 Å². The van der Waals surface area contributed by atoms with Crippen molar-refractivity contribution >= 4 is 0 Å². The molecule has 0 fully saturated rings. The van der Waals surface area contributed by atoms with Crippen molar-refractivity contribution in [2.45, 2.75) is 40.4 Å². The summed E-state index contributed by atoms with van der Waals surface area (Å²) in [6, 6.07) is 3.88. The Morgan fingerprint density at radius 1 is 1.32 bits per heavy atom. The highest BCUT2D eigenvalue weighted by Crippen LogP contribution is 2.15. The molecule has 22 heavy (non-hydrogen) atoms. The van der Waals surface area contributed by atoms with Crippen LogP contribution in [0, 0.1) is 5.92 Å². The van der Waals surface area contributed by atoms with Crippen molar-refractivity contribution in [3.63, 3.8) is 0 Å². The molecule has 5 nitrogen and oxygen atoms in total. The van der Waals surface area contributed by atoms with E-state index in [1.165, 1.54) is 5.56 Å². The Labute approximate surface area is 132 Å². The van der Waals surface area contributed by atoms with Gasteiger partial charge in [-0.1, -0.05) is 13.8 Å². The van der Waals surface area contributed by atoms with Gasteiger partial charge in [-0.25, -0.2) is 0 Å². The quantitative estimate of drug-likeness (QED) is 0.752. The van der Waals surface area contributed by atoms with Crippen LogP contribution in [0.4, 0.5) is 0 Å². The molecule has 0 aliphatic rings. The molecule has 2 heterocycles. The average Bonchev–Trinajstić information content (AvgIpc) is 2.94. The first-order valence-corrected chi connectivity index (χ1v) is 7.83. The lowest BCUT2D eigenvalue weighted by atomic mass is 10.2. The molecule has 0 unspecified atom stereocenters. The molecule has 0 amide bonds. The third-order valence-electron chi connectivity index (χ3n) is 3.45. The number of ether oxygens (including phenoxy) is 1. The van der Waals surface area contributed by atoms with Crippen molar-refractivity contribution in [2.75, 3.05) is 13.7 Å². The lowest BCUT2D eigenvalue weighted by Crippen LogP contribution is -2.27. The van der Waals surface area contributed by atoms with Crippen LogP contribution in [0.5, 0.6) is 5.75 Å². The van der Waals surface area contributed by atoms with Crippen molar-refractivity contribution in [1.82, 2.24) is 19.7 Å². The zero-order valence-electron chi connectivity index (χ0n) is 14.0. The number of hydrogen-bond acceptors (Lipinski definition) is 4. The van der Waals surface area contributed by atoms with E-state index in [1.807, 2.05) is 23.0 Å². The van der Waals surface area contributed by atoms with E-state index in [0.717, 1.165) is 37.6 Å². The van der Waals surface area contributed by atoms with Gasteiger partial charge >= 0.3 is 0 Å². The zero-order chi connectivity index (χ0) is 15.9. The number of nitrogens with zero attached hydrogens (tertiary/aromatic N) is 4. The van der Waals surface area contributed by atoms with Crippen molar-refractivity contribution in [1.29, 1.82) is 0 Å². The third-order valence-corrected chi connectivity index (χ3v) is 3.45. The summed E-state index contributed by atoms with van der Waals surface area (Å²) in [5.41, 5.74) is 2.27. The first-order valence-electron chi connectivity index (χ1n) is 7.83. The molecule has 0 aromatic carbocycles. The normalized spacial score (nSPS) is 11.4. The molecular formula is C17H26N4O. The molecule has 0 saturated heterocycles. The smallest absolute Gasteiger partial charge is 0.122 e. The predicted octanol–water partition coefficient (Wildman–Crippen LogP) is 2.96. The number of aryl methyl sites for hydroxylation is 1. The van der Waals surface area contributed by atoms with Gasteiger partial charge in [0.05, 0.1) is 19.0 Å². The van der Waals surface area contributed by atoms with Gasteiger partial charge in [0, 0.05) is 50.2 Å². The van der Waals surface area contributed by atoms with Crippen LogP contribution in [0.1, 0.15) is 32.0 Å². The summed E-state index contributed by atoms with van der Waals surface area (Å²) in [4.78, 5) is 6.86. The summed E-state index contributed by atoms with van der Waals surface area (Å²) in [5.74, 6) is 1.46. The van der Waals surface area contributed by atoms with Gasteiger partial charge in [-0.15, -0.1) is 0 Å². The van der Waals surface area contributed by atoms with Gasteiger partial charge in [0.25, 0.3) is 0 Å². The summed E-state index contributed by atoms with van der Waals surface area (Å²) >= 11 is 0. The summed E-state index contributed by atoms with van der Waals surface area (Å²) < 4.78 is 7.25. The van der Waals surface area contributed by atoms with E-state index in [0.29, 0.717) is 5.92 Å². The largest absolute Gasteiger partial charge is 0.497 e. The maximum Gasteiger partial charge on any atom is 0.122 e. The van der Waals surface area contributed by atoms with Gasteiger partial charge in [-0.3, -0.25) is 14.6 Å². The van der Waals surface area contributed by atoms with E-state index >= 15 is 0 Å². The highest BCUT2D eigenvalue weighted by Gasteiger charge is 2.11. The maximum absolute atomic E-state index is 5.28. The molecule has 2 rings (SSSR count). The van der Waals surface area contributed by atoms with Crippen LogP contribution in [0.2, 0.25) is 0 Å². The molecule has 0 radical (unpaired) electrons. The molecule has 0 N–H and O–H groups in total. The van der Waals surface area contributed by atoms with E-state index in [9.17, 15) is 0 Å². The van der Waals surface area contributed by atoms with Crippen molar-refractivity contribution in [3.05, 3.63) is 42.0 Å². The van der Waals surface area contributed by atoms with Crippen molar-refractivity contribution in [2.24, 2.45) is 5.92 Å². The lowest BCUT2D eigenvalue weighted by molar-refractivity contribution is 0.225. The Balaban J connectivity index is 2.07. The summed E-state index contributed by atoms with van der Waals surface area (Å²) in [5, 5.41) is 4.36. The van der Waals surface area contributed by atoms with Gasteiger partial charge < -0.3 is 4.74 Å². The minimum Gasteiger partial charge on any atom is -0.497 e. The first-order chi connectivity index (χ1) is 10.6. The van der Waals surface area contributed by atoms with Crippen LogP contribution in [-0.2, 0) is 19.6 Å². The lowest BCUT2D eigenvalue weighted by Gasteiger charge is -2.23. The standard InChI is InChI=1S/C17H26N4O/c1-5-21-12-15(9-19-21)11-20(10-14(2)3)13-16-8-17(22-4)6-7-18-16/h6-9,12,14H,5,10-11,13H2,1-4H3. The van der Waals surface area contributed by atoms with E-state index in [-0.39, 0.29) is 0 Å². The second-order valence-electron chi connectivity index (χ2n) is 5.95. The van der Waals surface area contributed by atoms with Crippen molar-refractivity contribution in [3.8, 4) is 5.75 Å². The van der Waals surface area contributed by atoms with Crippen LogP contribution in [0.25, 0.3) is 0 Å². The molecular weight excluding hydrogens is 276 g/mol. The van der Waals surface area contributed by atoms with E-state index in [2.05, 4.69) is 42.0 Å². The molecule has 120 valence electrons. The van der Waals surface area contributed by atoms with Crippen molar-refractivity contribution < 1.29 is 4.74 Å². The molecule has 0 aliphatic heterocycles. The SMILES string of the molecule is CCn1cc(CN(Cc2cc(OC)ccn2)CC(C)C)cn1. The Kier molecular flexibility index (Phi) is 5.95. The van der Waals surface area contributed by atoms with Crippen LogP contribution in [-0.4, -0.2) is 33.3 Å². The monoisotopic (exact) mass is 302 g/mol. The number of rotatable bonds is 8. The Hall–Kier alpha value is -1.88. The minimum atomic E-state index is 0.604. The molecule has 0 spiro atoms. The predicted molar refractivity (Wildman–Crippen MR) is 87.6 cm³/mol. The number of aromatic nitrogens is 3. The van der Waals surface area contributed by atoms with E-state index in [4.69, 9.17) is 4.74 Å². The molecule has 0 bridgehead atoms. The zero-order valence-corrected chi connectivity index (χ0v) is 14.0. The van der Waals surface area contributed by atoms with Gasteiger partial charge in [-0.05, 0) is 18.9 Å². The van der Waals surface area contributed by atoms with Gasteiger partial charge in [0.15, 0.2) is 0 Å². The summed E-state index contributed by atoms with van der Waals surface area (Å²) in [6.45, 7) is 10.2. The fraction of sp³-hybridized carbons (Fsp3) is 0.529. The maximum atomic E-state index is 5.28. The number of hydrogen-bond donors (Lipinski definition) is 0.